The zero-order valence-corrected chi connectivity index (χ0v) is 15.9. The van der Waals surface area contributed by atoms with Gasteiger partial charge < -0.3 is 10.6 Å². The molecule has 1 aliphatic rings. The lowest BCUT2D eigenvalue weighted by atomic mass is 10.1. The molecule has 0 aliphatic carbocycles. The number of thioether (sulfide) groups is 1. The van der Waals surface area contributed by atoms with Gasteiger partial charge in [0.05, 0.1) is 0 Å². The highest BCUT2D eigenvalue weighted by molar-refractivity contribution is 14.0. The molecule has 2 heterocycles. The van der Waals surface area contributed by atoms with Crippen LogP contribution in [0.4, 0.5) is 0 Å². The fourth-order valence-electron chi connectivity index (χ4n) is 2.26. The summed E-state index contributed by atoms with van der Waals surface area (Å²) in [7, 11) is 0. The molecule has 23 heavy (non-hydrogen) atoms. The van der Waals surface area contributed by atoms with E-state index in [1.165, 1.54) is 0 Å². The quantitative estimate of drug-likeness (QED) is 0.451. The smallest absolute Gasteiger partial charge is 0.191 e. The second kappa shape index (κ2) is 9.07. The number of hydrogen-bond acceptors (Lipinski definition) is 4. The Hall–Kier alpha value is -1.35. The Morgan fingerprint density at radius 1 is 1.09 bits per heavy atom. The molecule has 7 heteroatoms. The molecule has 0 amide bonds. The normalized spacial score (nSPS) is 15.1. The van der Waals surface area contributed by atoms with Crippen LogP contribution in [0.15, 0.2) is 47.7 Å². The highest BCUT2D eigenvalue weighted by Gasteiger charge is 2.12. The molecule has 1 fully saturated rings. The molecule has 1 saturated heterocycles. The Morgan fingerprint density at radius 2 is 1.74 bits per heavy atom. The number of nitrogens with two attached hydrogens (primary N) is 1. The predicted octanol–water partition coefficient (Wildman–Crippen LogP) is 2.63. The summed E-state index contributed by atoms with van der Waals surface area (Å²) in [6.07, 6.45) is 3.67. The van der Waals surface area contributed by atoms with Crippen LogP contribution >= 0.6 is 35.7 Å². The molecule has 1 aromatic carbocycles. The number of nitrogens with zero attached hydrogens (tertiary/aromatic N) is 4. The van der Waals surface area contributed by atoms with Crippen molar-refractivity contribution in [2.24, 2.45) is 10.7 Å². The first kappa shape index (κ1) is 18.0. The Kier molecular flexibility index (Phi) is 7.10. The molecule has 0 unspecified atom stereocenters. The molecular formula is C16H20IN5S. The van der Waals surface area contributed by atoms with Crippen LogP contribution in [0.25, 0.3) is 11.1 Å². The van der Waals surface area contributed by atoms with Crippen molar-refractivity contribution in [1.29, 1.82) is 0 Å². The summed E-state index contributed by atoms with van der Waals surface area (Å²) in [6, 6.07) is 10.1. The third-order valence-electron chi connectivity index (χ3n) is 3.53. The van der Waals surface area contributed by atoms with E-state index in [-0.39, 0.29) is 24.0 Å². The minimum atomic E-state index is 0. The average Bonchev–Trinajstić information content (AvgIpc) is 2.61. The number of rotatable bonds is 3. The monoisotopic (exact) mass is 441 g/mol. The van der Waals surface area contributed by atoms with E-state index >= 15 is 0 Å². The molecule has 1 aliphatic heterocycles. The molecule has 0 radical (unpaired) electrons. The molecule has 2 N–H and O–H groups in total. The minimum absolute atomic E-state index is 0. The maximum absolute atomic E-state index is 6.03. The van der Waals surface area contributed by atoms with E-state index < -0.39 is 0 Å². The van der Waals surface area contributed by atoms with Crippen molar-refractivity contribution in [2.75, 3.05) is 24.6 Å². The summed E-state index contributed by atoms with van der Waals surface area (Å²) in [5.74, 6) is 3.50. The number of aromatic nitrogens is 2. The lowest BCUT2D eigenvalue weighted by Gasteiger charge is -2.27. The molecule has 1 aromatic heterocycles. The SMILES string of the molecule is I.NC(=NCc1ncc(-c2ccccc2)cn1)N1CCSCC1. The number of aliphatic imine (C=N–C) groups is 1. The van der Waals surface area contributed by atoms with Gasteiger partial charge in [-0.05, 0) is 5.56 Å². The van der Waals surface area contributed by atoms with Crippen molar-refractivity contribution in [3.05, 3.63) is 48.5 Å². The van der Waals surface area contributed by atoms with Gasteiger partial charge in [-0.2, -0.15) is 11.8 Å². The summed E-state index contributed by atoms with van der Waals surface area (Å²) < 4.78 is 0. The zero-order valence-electron chi connectivity index (χ0n) is 12.8. The second-order valence-electron chi connectivity index (χ2n) is 5.03. The highest BCUT2D eigenvalue weighted by atomic mass is 127. The molecule has 122 valence electrons. The zero-order chi connectivity index (χ0) is 15.2. The Bertz CT molecular complexity index is 627. The van der Waals surface area contributed by atoms with Crippen molar-refractivity contribution in [3.63, 3.8) is 0 Å². The lowest BCUT2D eigenvalue weighted by molar-refractivity contribution is 0.455. The van der Waals surface area contributed by atoms with Crippen LogP contribution in [0, 0.1) is 0 Å². The molecular weight excluding hydrogens is 421 g/mol. The largest absolute Gasteiger partial charge is 0.370 e. The maximum atomic E-state index is 6.03. The van der Waals surface area contributed by atoms with Crippen LogP contribution in [0.5, 0.6) is 0 Å². The predicted molar refractivity (Wildman–Crippen MR) is 107 cm³/mol. The molecule has 0 bridgehead atoms. The molecule has 0 saturated carbocycles. The van der Waals surface area contributed by atoms with Crippen LogP contribution in [-0.4, -0.2) is 45.4 Å². The summed E-state index contributed by atoms with van der Waals surface area (Å²) in [5.41, 5.74) is 8.15. The van der Waals surface area contributed by atoms with Crippen LogP contribution in [0.2, 0.25) is 0 Å². The van der Waals surface area contributed by atoms with Crippen LogP contribution in [0.1, 0.15) is 5.82 Å². The van der Waals surface area contributed by atoms with E-state index in [9.17, 15) is 0 Å². The van der Waals surface area contributed by atoms with E-state index in [0.717, 1.165) is 35.7 Å². The lowest BCUT2D eigenvalue weighted by Crippen LogP contribution is -2.42. The van der Waals surface area contributed by atoms with Gasteiger partial charge in [0.25, 0.3) is 0 Å². The van der Waals surface area contributed by atoms with Crippen molar-refractivity contribution < 1.29 is 0 Å². The van der Waals surface area contributed by atoms with Gasteiger partial charge in [0.15, 0.2) is 5.96 Å². The molecule has 2 aromatic rings. The summed E-state index contributed by atoms with van der Waals surface area (Å²) in [5, 5.41) is 0. The topological polar surface area (TPSA) is 67.4 Å². The van der Waals surface area contributed by atoms with E-state index in [4.69, 9.17) is 5.73 Å². The highest BCUT2D eigenvalue weighted by Crippen LogP contribution is 2.16. The number of halogens is 1. The van der Waals surface area contributed by atoms with E-state index in [1.54, 1.807) is 0 Å². The fraction of sp³-hybridized carbons (Fsp3) is 0.312. The van der Waals surface area contributed by atoms with Crippen molar-refractivity contribution in [3.8, 4) is 11.1 Å². The molecule has 3 rings (SSSR count). The second-order valence-corrected chi connectivity index (χ2v) is 6.25. The van der Waals surface area contributed by atoms with Gasteiger partial charge in [-0.3, -0.25) is 0 Å². The van der Waals surface area contributed by atoms with Crippen molar-refractivity contribution in [2.45, 2.75) is 6.54 Å². The van der Waals surface area contributed by atoms with Crippen LogP contribution < -0.4 is 5.73 Å². The molecule has 0 atom stereocenters. The van der Waals surface area contributed by atoms with Crippen LogP contribution in [0.3, 0.4) is 0 Å². The van der Waals surface area contributed by atoms with Crippen molar-refractivity contribution >= 4 is 41.7 Å². The number of benzene rings is 1. The third-order valence-corrected chi connectivity index (χ3v) is 4.47. The van der Waals surface area contributed by atoms with Gasteiger partial charge in [0.2, 0.25) is 0 Å². The minimum Gasteiger partial charge on any atom is -0.370 e. The Morgan fingerprint density at radius 3 is 2.39 bits per heavy atom. The average molecular weight is 441 g/mol. The summed E-state index contributed by atoms with van der Waals surface area (Å²) >= 11 is 1.95. The summed E-state index contributed by atoms with van der Waals surface area (Å²) in [4.78, 5) is 15.3. The molecule has 5 nitrogen and oxygen atoms in total. The van der Waals surface area contributed by atoms with Gasteiger partial charge in [0.1, 0.15) is 12.4 Å². The van der Waals surface area contributed by atoms with Gasteiger partial charge in [-0.25, -0.2) is 15.0 Å². The van der Waals surface area contributed by atoms with Gasteiger partial charge in [0, 0.05) is 42.6 Å². The fourth-order valence-corrected chi connectivity index (χ4v) is 3.16. The first-order valence-electron chi connectivity index (χ1n) is 7.32. The Balaban J connectivity index is 0.00000192. The van der Waals surface area contributed by atoms with E-state index in [0.29, 0.717) is 18.3 Å². The number of hydrogen-bond donors (Lipinski definition) is 1. The maximum Gasteiger partial charge on any atom is 0.191 e. The first-order valence-corrected chi connectivity index (χ1v) is 8.47. The summed E-state index contributed by atoms with van der Waals surface area (Å²) in [6.45, 7) is 2.35. The van der Waals surface area contributed by atoms with Crippen molar-refractivity contribution in [1.82, 2.24) is 14.9 Å². The van der Waals surface area contributed by atoms with Gasteiger partial charge >= 0.3 is 0 Å². The number of guanidine groups is 1. The van der Waals surface area contributed by atoms with E-state index in [2.05, 4.69) is 19.9 Å². The third kappa shape index (κ3) is 5.07. The van der Waals surface area contributed by atoms with Gasteiger partial charge in [-0.1, -0.05) is 30.3 Å². The standard InChI is InChI=1S/C16H19N5S.HI/c17-16(21-6-8-22-9-7-21)20-12-15-18-10-14(11-19-15)13-4-2-1-3-5-13;/h1-5,10-11H,6-9,12H2,(H2,17,20);1H. The van der Waals surface area contributed by atoms with Gasteiger partial charge in [-0.15, -0.1) is 24.0 Å². The first-order chi connectivity index (χ1) is 10.8. The van der Waals surface area contributed by atoms with Crippen LogP contribution in [-0.2, 0) is 6.54 Å². The van der Waals surface area contributed by atoms with E-state index in [1.807, 2.05) is 54.5 Å². The Labute approximate surface area is 157 Å². The molecule has 0 spiro atoms.